The zero-order chi connectivity index (χ0) is 9.26. The Morgan fingerprint density at radius 2 is 2.08 bits per heavy atom. The number of rotatable bonds is 2. The molecule has 0 spiro atoms. The summed E-state index contributed by atoms with van der Waals surface area (Å²) in [6.07, 6.45) is 4.93. The third-order valence-electron chi connectivity index (χ3n) is 2.73. The fourth-order valence-corrected chi connectivity index (χ4v) is 2.01. The average Bonchev–Trinajstić information content (AvgIpc) is 2.75. The van der Waals surface area contributed by atoms with E-state index < -0.39 is 5.97 Å². The Balaban J connectivity index is 2.16. The molecule has 0 aromatic carbocycles. The second-order valence-corrected chi connectivity index (χ2v) is 3.61. The van der Waals surface area contributed by atoms with Gasteiger partial charge in [0.2, 0.25) is 0 Å². The molecule has 0 bridgehead atoms. The molecule has 3 nitrogen and oxygen atoms in total. The van der Waals surface area contributed by atoms with Crippen molar-refractivity contribution >= 4 is 5.97 Å². The van der Waals surface area contributed by atoms with Crippen LogP contribution < -0.4 is 0 Å². The van der Waals surface area contributed by atoms with Gasteiger partial charge in [-0.25, -0.2) is 4.79 Å². The molecule has 1 saturated carbocycles. The van der Waals surface area contributed by atoms with Gasteiger partial charge < -0.3 is 10.1 Å². The topological polar surface area (TPSA) is 53.1 Å². The van der Waals surface area contributed by atoms with Crippen molar-refractivity contribution in [3.05, 3.63) is 23.5 Å². The maximum absolute atomic E-state index is 10.6. The molecular weight excluding hydrogens is 166 g/mol. The average molecular weight is 179 g/mol. The van der Waals surface area contributed by atoms with Gasteiger partial charge in [0, 0.05) is 5.69 Å². The van der Waals surface area contributed by atoms with Crippen molar-refractivity contribution in [1.82, 2.24) is 4.98 Å². The molecule has 0 atom stereocenters. The third-order valence-corrected chi connectivity index (χ3v) is 2.73. The molecule has 1 fully saturated rings. The van der Waals surface area contributed by atoms with Crippen molar-refractivity contribution in [2.45, 2.75) is 31.6 Å². The predicted molar refractivity (Wildman–Crippen MR) is 49.0 cm³/mol. The fourth-order valence-electron chi connectivity index (χ4n) is 2.01. The zero-order valence-corrected chi connectivity index (χ0v) is 7.42. The first-order valence-electron chi connectivity index (χ1n) is 4.69. The van der Waals surface area contributed by atoms with Gasteiger partial charge in [-0.1, -0.05) is 12.8 Å². The SMILES string of the molecule is O=C(O)c1ccc(C2CCCC2)[nH]1. The zero-order valence-electron chi connectivity index (χ0n) is 7.42. The summed E-state index contributed by atoms with van der Waals surface area (Å²) in [7, 11) is 0. The van der Waals surface area contributed by atoms with Crippen LogP contribution in [0.15, 0.2) is 12.1 Å². The van der Waals surface area contributed by atoms with Gasteiger partial charge in [0.05, 0.1) is 0 Å². The van der Waals surface area contributed by atoms with Crippen LogP contribution in [0.2, 0.25) is 0 Å². The van der Waals surface area contributed by atoms with Gasteiger partial charge in [0.1, 0.15) is 5.69 Å². The number of hydrogen-bond acceptors (Lipinski definition) is 1. The van der Waals surface area contributed by atoms with Crippen LogP contribution in [0.5, 0.6) is 0 Å². The van der Waals surface area contributed by atoms with Crippen molar-refractivity contribution in [3.63, 3.8) is 0 Å². The second-order valence-electron chi connectivity index (χ2n) is 3.61. The molecule has 0 saturated heterocycles. The molecule has 3 heteroatoms. The minimum absolute atomic E-state index is 0.307. The molecule has 2 N–H and O–H groups in total. The maximum Gasteiger partial charge on any atom is 0.352 e. The van der Waals surface area contributed by atoms with Crippen molar-refractivity contribution in [2.24, 2.45) is 0 Å². The quantitative estimate of drug-likeness (QED) is 0.732. The number of H-pyrrole nitrogens is 1. The first-order valence-corrected chi connectivity index (χ1v) is 4.69. The van der Waals surface area contributed by atoms with E-state index in [1.165, 1.54) is 25.7 Å². The van der Waals surface area contributed by atoms with Crippen LogP contribution >= 0.6 is 0 Å². The van der Waals surface area contributed by atoms with E-state index in [0.717, 1.165) is 5.69 Å². The van der Waals surface area contributed by atoms with Gasteiger partial charge >= 0.3 is 5.97 Å². The van der Waals surface area contributed by atoms with Gasteiger partial charge in [-0.15, -0.1) is 0 Å². The van der Waals surface area contributed by atoms with Crippen LogP contribution in [0.4, 0.5) is 0 Å². The summed E-state index contributed by atoms with van der Waals surface area (Å²) in [5.41, 5.74) is 1.40. The Kier molecular flexibility index (Phi) is 2.08. The number of nitrogens with one attached hydrogen (secondary N) is 1. The third kappa shape index (κ3) is 1.59. The van der Waals surface area contributed by atoms with Crippen LogP contribution in [0.25, 0.3) is 0 Å². The highest BCUT2D eigenvalue weighted by molar-refractivity contribution is 5.85. The Labute approximate surface area is 76.8 Å². The monoisotopic (exact) mass is 179 g/mol. The van der Waals surface area contributed by atoms with Gasteiger partial charge in [-0.3, -0.25) is 0 Å². The number of hydrogen-bond donors (Lipinski definition) is 2. The largest absolute Gasteiger partial charge is 0.477 e. The molecule has 0 amide bonds. The summed E-state index contributed by atoms with van der Waals surface area (Å²) >= 11 is 0. The maximum atomic E-state index is 10.6. The van der Waals surface area contributed by atoms with E-state index in [1.54, 1.807) is 6.07 Å². The van der Waals surface area contributed by atoms with E-state index in [2.05, 4.69) is 4.98 Å². The Morgan fingerprint density at radius 3 is 2.62 bits per heavy atom. The van der Waals surface area contributed by atoms with Crippen molar-refractivity contribution < 1.29 is 9.90 Å². The summed E-state index contributed by atoms with van der Waals surface area (Å²) in [6.45, 7) is 0. The second kappa shape index (κ2) is 3.24. The van der Waals surface area contributed by atoms with E-state index in [9.17, 15) is 4.79 Å². The lowest BCUT2D eigenvalue weighted by Gasteiger charge is -2.04. The summed E-state index contributed by atoms with van der Waals surface area (Å²) < 4.78 is 0. The lowest BCUT2D eigenvalue weighted by Crippen LogP contribution is -1.98. The molecular formula is C10H13NO2. The van der Waals surface area contributed by atoms with E-state index in [4.69, 9.17) is 5.11 Å². The molecule has 1 aromatic heterocycles. The molecule has 0 unspecified atom stereocenters. The van der Waals surface area contributed by atoms with Crippen molar-refractivity contribution in [1.29, 1.82) is 0 Å². The first kappa shape index (κ1) is 8.35. The lowest BCUT2D eigenvalue weighted by molar-refractivity contribution is 0.0691. The highest BCUT2D eigenvalue weighted by Crippen LogP contribution is 2.33. The summed E-state index contributed by atoms with van der Waals surface area (Å²) in [4.78, 5) is 13.6. The lowest BCUT2D eigenvalue weighted by atomic mass is 10.1. The Bertz CT molecular complexity index is 310. The normalized spacial score (nSPS) is 17.8. The number of carboxylic acids is 1. The van der Waals surface area contributed by atoms with Crippen LogP contribution in [-0.4, -0.2) is 16.1 Å². The van der Waals surface area contributed by atoms with Crippen LogP contribution in [0, 0.1) is 0 Å². The highest BCUT2D eigenvalue weighted by Gasteiger charge is 2.19. The molecule has 1 aliphatic carbocycles. The standard InChI is InChI=1S/C10H13NO2/c12-10(13)9-6-5-8(11-9)7-3-1-2-4-7/h5-7,11H,1-4H2,(H,12,13). The van der Waals surface area contributed by atoms with Crippen molar-refractivity contribution in [3.8, 4) is 0 Å². The van der Waals surface area contributed by atoms with E-state index in [-0.39, 0.29) is 0 Å². The number of aromatic nitrogens is 1. The highest BCUT2D eigenvalue weighted by atomic mass is 16.4. The van der Waals surface area contributed by atoms with E-state index in [0.29, 0.717) is 11.6 Å². The predicted octanol–water partition coefficient (Wildman–Crippen LogP) is 2.37. The van der Waals surface area contributed by atoms with Gasteiger partial charge in [0.25, 0.3) is 0 Å². The number of carboxylic acid groups (broad SMARTS) is 1. The minimum atomic E-state index is -0.871. The first-order chi connectivity index (χ1) is 6.27. The summed E-state index contributed by atoms with van der Waals surface area (Å²) in [5.74, 6) is -0.308. The molecule has 13 heavy (non-hydrogen) atoms. The Morgan fingerprint density at radius 1 is 1.38 bits per heavy atom. The van der Waals surface area contributed by atoms with E-state index in [1.807, 2.05) is 6.07 Å². The molecule has 1 aromatic rings. The number of carbonyl (C=O) groups is 1. The van der Waals surface area contributed by atoms with Crippen LogP contribution in [0.3, 0.4) is 0 Å². The van der Waals surface area contributed by atoms with Crippen LogP contribution in [0.1, 0.15) is 47.8 Å². The number of aromatic amines is 1. The summed E-state index contributed by atoms with van der Waals surface area (Å²) in [6, 6.07) is 3.55. The Hall–Kier alpha value is -1.25. The molecule has 70 valence electrons. The minimum Gasteiger partial charge on any atom is -0.477 e. The van der Waals surface area contributed by atoms with Crippen molar-refractivity contribution in [2.75, 3.05) is 0 Å². The molecule has 2 rings (SSSR count). The molecule has 1 aliphatic rings. The summed E-state index contributed by atoms with van der Waals surface area (Å²) in [5, 5.41) is 8.71. The van der Waals surface area contributed by atoms with Gasteiger partial charge in [0.15, 0.2) is 0 Å². The smallest absolute Gasteiger partial charge is 0.352 e. The number of aromatic carboxylic acids is 1. The van der Waals surface area contributed by atoms with Crippen LogP contribution in [-0.2, 0) is 0 Å². The van der Waals surface area contributed by atoms with E-state index >= 15 is 0 Å². The van der Waals surface area contributed by atoms with Gasteiger partial charge in [-0.2, -0.15) is 0 Å². The fraction of sp³-hybridized carbons (Fsp3) is 0.500. The molecule has 0 aliphatic heterocycles. The molecule has 1 heterocycles. The van der Waals surface area contributed by atoms with Gasteiger partial charge in [-0.05, 0) is 30.9 Å². The molecule has 0 radical (unpaired) electrons.